The lowest BCUT2D eigenvalue weighted by Gasteiger charge is -2.12. The second kappa shape index (κ2) is 8.55. The summed E-state index contributed by atoms with van der Waals surface area (Å²) in [4.78, 5) is 28.6. The SMILES string of the molecule is COc1ccccc1NC(=O)c1ccc2c(=O)n(-c3cccc(C(F)(F)F)c3)c(=S)[nH]c2c1. The molecule has 0 atom stereocenters. The summed E-state index contributed by atoms with van der Waals surface area (Å²) in [5.74, 6) is 0.0396. The molecule has 4 rings (SSSR count). The standard InChI is InChI=1S/C23H16F3N3O3S/c1-32-19-8-3-2-7-17(19)27-20(30)13-9-10-16-18(11-13)28-22(33)29(21(16)31)15-6-4-5-14(12-15)23(24,25)26/h2-12H,1H3,(H,27,30)(H,28,33). The van der Waals surface area contributed by atoms with Crippen molar-refractivity contribution in [2.45, 2.75) is 6.18 Å². The Hall–Kier alpha value is -3.92. The zero-order valence-electron chi connectivity index (χ0n) is 17.1. The first-order chi connectivity index (χ1) is 15.7. The molecule has 4 aromatic rings. The van der Waals surface area contributed by atoms with Gasteiger partial charge < -0.3 is 15.0 Å². The summed E-state index contributed by atoms with van der Waals surface area (Å²) in [6.07, 6.45) is -4.56. The van der Waals surface area contributed by atoms with Gasteiger partial charge in [-0.05, 0) is 60.7 Å². The van der Waals surface area contributed by atoms with E-state index in [-0.39, 0.29) is 26.9 Å². The van der Waals surface area contributed by atoms with Crippen molar-refractivity contribution < 1.29 is 22.7 Å². The summed E-state index contributed by atoms with van der Waals surface area (Å²) in [6, 6.07) is 15.5. The van der Waals surface area contributed by atoms with E-state index in [4.69, 9.17) is 17.0 Å². The van der Waals surface area contributed by atoms with E-state index in [1.165, 1.54) is 37.4 Å². The highest BCUT2D eigenvalue weighted by Crippen LogP contribution is 2.30. The van der Waals surface area contributed by atoms with Crippen LogP contribution in [-0.4, -0.2) is 22.6 Å². The van der Waals surface area contributed by atoms with Crippen LogP contribution in [0.1, 0.15) is 15.9 Å². The molecule has 10 heteroatoms. The molecule has 168 valence electrons. The van der Waals surface area contributed by atoms with Crippen LogP contribution in [-0.2, 0) is 6.18 Å². The number of rotatable bonds is 4. The van der Waals surface area contributed by atoms with E-state index in [1.807, 2.05) is 0 Å². The van der Waals surface area contributed by atoms with E-state index in [0.29, 0.717) is 11.4 Å². The average Bonchev–Trinajstić information content (AvgIpc) is 2.78. The number of anilines is 1. The van der Waals surface area contributed by atoms with E-state index in [9.17, 15) is 22.8 Å². The summed E-state index contributed by atoms with van der Waals surface area (Å²) in [6.45, 7) is 0. The van der Waals surface area contributed by atoms with Crippen molar-refractivity contribution >= 4 is 34.7 Å². The van der Waals surface area contributed by atoms with Gasteiger partial charge in [0.2, 0.25) is 0 Å². The molecule has 1 heterocycles. The Kier molecular flexibility index (Phi) is 5.77. The number of methoxy groups -OCH3 is 1. The first kappa shape index (κ1) is 22.3. The van der Waals surface area contributed by atoms with E-state index >= 15 is 0 Å². The lowest BCUT2D eigenvalue weighted by molar-refractivity contribution is -0.137. The van der Waals surface area contributed by atoms with Gasteiger partial charge in [0.15, 0.2) is 4.77 Å². The molecular formula is C23H16F3N3O3S. The van der Waals surface area contributed by atoms with Crippen molar-refractivity contribution in [3.05, 3.63) is 93.0 Å². The van der Waals surface area contributed by atoms with Crippen molar-refractivity contribution in [2.24, 2.45) is 0 Å². The third-order valence-corrected chi connectivity index (χ3v) is 5.23. The van der Waals surface area contributed by atoms with Gasteiger partial charge in [-0.1, -0.05) is 18.2 Å². The highest BCUT2D eigenvalue weighted by atomic mass is 32.1. The Labute approximate surface area is 190 Å². The second-order valence-electron chi connectivity index (χ2n) is 7.03. The lowest BCUT2D eigenvalue weighted by Crippen LogP contribution is -2.21. The molecule has 0 aliphatic rings. The maximum Gasteiger partial charge on any atom is 0.416 e. The Morgan fingerprint density at radius 1 is 1.06 bits per heavy atom. The van der Waals surface area contributed by atoms with Crippen molar-refractivity contribution in [3.63, 3.8) is 0 Å². The smallest absolute Gasteiger partial charge is 0.416 e. The highest BCUT2D eigenvalue weighted by Gasteiger charge is 2.30. The number of fused-ring (bicyclic) bond motifs is 1. The Morgan fingerprint density at radius 2 is 1.82 bits per heavy atom. The van der Waals surface area contributed by atoms with Crippen LogP contribution in [0.3, 0.4) is 0 Å². The number of hydrogen-bond donors (Lipinski definition) is 2. The fourth-order valence-electron chi connectivity index (χ4n) is 3.36. The number of para-hydroxylation sites is 2. The molecule has 0 aliphatic carbocycles. The van der Waals surface area contributed by atoms with E-state index in [1.54, 1.807) is 24.3 Å². The third kappa shape index (κ3) is 4.37. The number of H-pyrrole nitrogens is 1. The van der Waals surface area contributed by atoms with Gasteiger partial charge in [-0.2, -0.15) is 13.2 Å². The maximum absolute atomic E-state index is 13.1. The molecule has 0 radical (unpaired) electrons. The maximum atomic E-state index is 13.1. The summed E-state index contributed by atoms with van der Waals surface area (Å²) in [5.41, 5.74) is -0.528. The average molecular weight is 471 g/mol. The monoisotopic (exact) mass is 471 g/mol. The van der Waals surface area contributed by atoms with Crippen LogP contribution in [0.15, 0.2) is 71.5 Å². The Morgan fingerprint density at radius 3 is 2.55 bits per heavy atom. The number of carbonyl (C=O) groups is 1. The minimum atomic E-state index is -4.56. The first-order valence-corrected chi connectivity index (χ1v) is 10.0. The summed E-state index contributed by atoms with van der Waals surface area (Å²) in [5, 5.41) is 2.90. The van der Waals surface area contributed by atoms with Gasteiger partial charge >= 0.3 is 6.18 Å². The number of nitrogens with zero attached hydrogens (tertiary/aromatic N) is 1. The minimum absolute atomic E-state index is 0.0176. The van der Waals surface area contributed by atoms with E-state index in [2.05, 4.69) is 10.3 Å². The van der Waals surface area contributed by atoms with Crippen molar-refractivity contribution in [1.29, 1.82) is 0 Å². The molecule has 0 bridgehead atoms. The number of benzene rings is 3. The van der Waals surface area contributed by atoms with Crippen LogP contribution in [0, 0.1) is 4.77 Å². The topological polar surface area (TPSA) is 76.1 Å². The van der Waals surface area contributed by atoms with Gasteiger partial charge in [-0.25, -0.2) is 0 Å². The number of alkyl halides is 3. The minimum Gasteiger partial charge on any atom is -0.495 e. The predicted molar refractivity (Wildman–Crippen MR) is 121 cm³/mol. The molecule has 0 spiro atoms. The summed E-state index contributed by atoms with van der Waals surface area (Å²) in [7, 11) is 1.48. The lowest BCUT2D eigenvalue weighted by atomic mass is 10.1. The van der Waals surface area contributed by atoms with E-state index < -0.39 is 23.2 Å². The van der Waals surface area contributed by atoms with Crippen molar-refractivity contribution in [1.82, 2.24) is 9.55 Å². The molecule has 3 aromatic carbocycles. The summed E-state index contributed by atoms with van der Waals surface area (Å²) >= 11 is 5.24. The number of nitrogens with one attached hydrogen (secondary N) is 2. The number of carbonyl (C=O) groups excluding carboxylic acids is 1. The van der Waals surface area contributed by atoms with Gasteiger partial charge in [0, 0.05) is 5.56 Å². The molecule has 2 N–H and O–H groups in total. The fourth-order valence-corrected chi connectivity index (χ4v) is 3.66. The Bertz CT molecular complexity index is 1490. The largest absolute Gasteiger partial charge is 0.495 e. The van der Waals surface area contributed by atoms with Gasteiger partial charge in [-0.15, -0.1) is 0 Å². The zero-order valence-corrected chi connectivity index (χ0v) is 17.9. The van der Waals surface area contributed by atoms with Gasteiger partial charge in [-0.3, -0.25) is 14.2 Å². The summed E-state index contributed by atoms with van der Waals surface area (Å²) < 4.78 is 45.4. The van der Waals surface area contributed by atoms with Crippen LogP contribution in [0.5, 0.6) is 5.75 Å². The number of hydrogen-bond acceptors (Lipinski definition) is 4. The first-order valence-electron chi connectivity index (χ1n) is 9.60. The number of amides is 1. The predicted octanol–water partition coefficient (Wildman–Crippen LogP) is 5.33. The van der Waals surface area contributed by atoms with Crippen LogP contribution < -0.4 is 15.6 Å². The molecule has 0 saturated carbocycles. The number of aromatic amines is 1. The van der Waals surface area contributed by atoms with Crippen LogP contribution in [0.2, 0.25) is 0 Å². The van der Waals surface area contributed by atoms with Crippen LogP contribution in [0.4, 0.5) is 18.9 Å². The Balaban J connectivity index is 1.75. The molecule has 6 nitrogen and oxygen atoms in total. The van der Waals surface area contributed by atoms with Gasteiger partial charge in [0.05, 0.1) is 35.0 Å². The third-order valence-electron chi connectivity index (χ3n) is 4.95. The molecular weight excluding hydrogens is 455 g/mol. The quantitative estimate of drug-likeness (QED) is 0.395. The fraction of sp³-hybridized carbons (Fsp3) is 0.0870. The zero-order chi connectivity index (χ0) is 23.8. The van der Waals surface area contributed by atoms with Crippen LogP contribution >= 0.6 is 12.2 Å². The second-order valence-corrected chi connectivity index (χ2v) is 7.42. The highest BCUT2D eigenvalue weighted by molar-refractivity contribution is 7.71. The molecule has 1 aromatic heterocycles. The van der Waals surface area contributed by atoms with E-state index in [0.717, 1.165) is 16.7 Å². The van der Waals surface area contributed by atoms with Crippen molar-refractivity contribution in [2.75, 3.05) is 12.4 Å². The number of ether oxygens (including phenoxy) is 1. The molecule has 33 heavy (non-hydrogen) atoms. The normalized spacial score (nSPS) is 11.4. The molecule has 1 amide bonds. The van der Waals surface area contributed by atoms with Gasteiger partial charge in [0.25, 0.3) is 11.5 Å². The number of halogens is 3. The molecule has 0 fully saturated rings. The number of aromatic nitrogens is 2. The molecule has 0 unspecified atom stereocenters. The van der Waals surface area contributed by atoms with Crippen LogP contribution in [0.25, 0.3) is 16.6 Å². The van der Waals surface area contributed by atoms with Gasteiger partial charge in [0.1, 0.15) is 5.75 Å². The van der Waals surface area contributed by atoms with Crippen molar-refractivity contribution in [3.8, 4) is 11.4 Å². The molecule has 0 saturated heterocycles. The molecule has 0 aliphatic heterocycles.